The van der Waals surface area contributed by atoms with E-state index in [1.54, 1.807) is 0 Å². The number of sulfonamides is 1. The highest BCUT2D eigenvalue weighted by Gasteiger charge is 2.25. The SMILES string of the molecule is C#CCSC1=NS(=O)(=O)c2cc(F)ccc2N1. The van der Waals surface area contributed by atoms with Crippen molar-refractivity contribution < 1.29 is 12.8 Å². The fourth-order valence-corrected chi connectivity index (χ4v) is 3.21. The molecule has 1 aromatic rings. The first-order chi connectivity index (χ1) is 8.03. The van der Waals surface area contributed by atoms with Gasteiger partial charge < -0.3 is 5.32 Å². The van der Waals surface area contributed by atoms with Gasteiger partial charge in [0.05, 0.1) is 11.4 Å². The maximum atomic E-state index is 13.0. The molecule has 0 bridgehead atoms. The van der Waals surface area contributed by atoms with Crippen LogP contribution < -0.4 is 5.32 Å². The van der Waals surface area contributed by atoms with Crippen LogP contribution in [0.5, 0.6) is 0 Å². The van der Waals surface area contributed by atoms with Crippen LogP contribution in [0.3, 0.4) is 0 Å². The van der Waals surface area contributed by atoms with Crippen LogP contribution >= 0.6 is 11.8 Å². The smallest absolute Gasteiger partial charge is 0.286 e. The van der Waals surface area contributed by atoms with Crippen molar-refractivity contribution in [1.29, 1.82) is 0 Å². The summed E-state index contributed by atoms with van der Waals surface area (Å²) < 4.78 is 40.0. The minimum Gasteiger partial charge on any atom is -0.333 e. The lowest BCUT2D eigenvalue weighted by Gasteiger charge is -2.16. The van der Waals surface area contributed by atoms with E-state index in [0.717, 1.165) is 17.8 Å². The van der Waals surface area contributed by atoms with Crippen LogP contribution in [0.2, 0.25) is 0 Å². The summed E-state index contributed by atoms with van der Waals surface area (Å²) >= 11 is 1.10. The predicted molar refractivity (Wildman–Crippen MR) is 65.9 cm³/mol. The van der Waals surface area contributed by atoms with Gasteiger partial charge in [-0.3, -0.25) is 0 Å². The Morgan fingerprint density at radius 1 is 1.53 bits per heavy atom. The number of anilines is 1. The number of hydrogen-bond acceptors (Lipinski definition) is 4. The number of nitrogens with zero attached hydrogens (tertiary/aromatic N) is 1. The number of nitrogens with one attached hydrogen (secondary N) is 1. The monoisotopic (exact) mass is 270 g/mol. The van der Waals surface area contributed by atoms with Crippen molar-refractivity contribution in [2.45, 2.75) is 4.90 Å². The molecular weight excluding hydrogens is 263 g/mol. The lowest BCUT2D eigenvalue weighted by molar-refractivity contribution is 0.592. The molecular formula is C10H7FN2O2S2. The van der Waals surface area contributed by atoms with Gasteiger partial charge in [0.15, 0.2) is 5.17 Å². The lowest BCUT2D eigenvalue weighted by atomic mass is 10.3. The highest BCUT2D eigenvalue weighted by atomic mass is 32.2. The van der Waals surface area contributed by atoms with Gasteiger partial charge in [-0.2, -0.15) is 8.42 Å². The molecule has 0 aromatic heterocycles. The molecule has 0 fully saturated rings. The fraction of sp³-hybridized carbons (Fsp3) is 0.100. The Kier molecular flexibility index (Phi) is 3.09. The largest absolute Gasteiger partial charge is 0.333 e. The summed E-state index contributed by atoms with van der Waals surface area (Å²) in [7, 11) is -3.85. The van der Waals surface area contributed by atoms with Gasteiger partial charge in [-0.05, 0) is 18.2 Å². The van der Waals surface area contributed by atoms with Crippen molar-refractivity contribution in [2.75, 3.05) is 11.1 Å². The Morgan fingerprint density at radius 3 is 3.00 bits per heavy atom. The third-order valence-electron chi connectivity index (χ3n) is 1.96. The summed E-state index contributed by atoms with van der Waals surface area (Å²) in [6.07, 6.45) is 5.08. The van der Waals surface area contributed by atoms with Crippen LogP contribution in [0, 0.1) is 18.2 Å². The second-order valence-electron chi connectivity index (χ2n) is 3.13. The first-order valence-corrected chi connectivity index (χ1v) is 6.93. The van der Waals surface area contributed by atoms with Crippen LogP contribution in [0.4, 0.5) is 10.1 Å². The molecule has 1 N–H and O–H groups in total. The zero-order chi connectivity index (χ0) is 12.5. The highest BCUT2D eigenvalue weighted by molar-refractivity contribution is 8.15. The van der Waals surface area contributed by atoms with Gasteiger partial charge in [-0.15, -0.1) is 10.8 Å². The molecule has 2 rings (SSSR count). The Hall–Kier alpha value is -1.52. The number of fused-ring (bicyclic) bond motifs is 1. The van der Waals surface area contributed by atoms with E-state index < -0.39 is 15.8 Å². The van der Waals surface area contributed by atoms with E-state index >= 15 is 0 Å². The van der Waals surface area contributed by atoms with Crippen LogP contribution in [-0.4, -0.2) is 19.3 Å². The van der Waals surface area contributed by atoms with Crippen molar-refractivity contribution in [3.63, 3.8) is 0 Å². The topological polar surface area (TPSA) is 58.5 Å². The van der Waals surface area contributed by atoms with Gasteiger partial charge in [0.2, 0.25) is 0 Å². The summed E-state index contributed by atoms with van der Waals surface area (Å²) in [5, 5.41) is 2.98. The Morgan fingerprint density at radius 2 is 2.29 bits per heavy atom. The van der Waals surface area contributed by atoms with Gasteiger partial charge in [-0.1, -0.05) is 17.7 Å². The van der Waals surface area contributed by atoms with E-state index in [1.165, 1.54) is 12.1 Å². The third-order valence-corrected chi connectivity index (χ3v) is 4.17. The molecule has 0 atom stereocenters. The quantitative estimate of drug-likeness (QED) is 0.788. The molecule has 1 aromatic carbocycles. The molecule has 0 saturated carbocycles. The van der Waals surface area contributed by atoms with Crippen molar-refractivity contribution in [2.24, 2.45) is 4.40 Å². The predicted octanol–water partition coefficient (Wildman–Crippen LogP) is 1.66. The van der Waals surface area contributed by atoms with E-state index in [4.69, 9.17) is 6.42 Å². The normalized spacial score (nSPS) is 16.4. The van der Waals surface area contributed by atoms with E-state index in [-0.39, 0.29) is 10.1 Å². The summed E-state index contributed by atoms with van der Waals surface area (Å²) in [5.74, 6) is 2.04. The van der Waals surface area contributed by atoms with Gasteiger partial charge in [0.25, 0.3) is 10.0 Å². The lowest BCUT2D eigenvalue weighted by Crippen LogP contribution is -2.19. The average molecular weight is 270 g/mol. The summed E-state index contributed by atoms with van der Waals surface area (Å²) in [6.45, 7) is 0. The minimum absolute atomic E-state index is 0.164. The number of benzene rings is 1. The van der Waals surface area contributed by atoms with Gasteiger partial charge >= 0.3 is 0 Å². The van der Waals surface area contributed by atoms with Crippen LogP contribution in [0.1, 0.15) is 0 Å². The molecule has 7 heteroatoms. The number of rotatable bonds is 1. The molecule has 0 radical (unpaired) electrons. The summed E-state index contributed by atoms with van der Waals surface area (Å²) in [4.78, 5) is -0.164. The average Bonchev–Trinajstić information content (AvgIpc) is 2.27. The third kappa shape index (κ3) is 2.43. The summed E-state index contributed by atoms with van der Waals surface area (Å²) in [6, 6.07) is 3.47. The molecule has 0 amide bonds. The molecule has 0 unspecified atom stereocenters. The zero-order valence-corrected chi connectivity index (χ0v) is 10.1. The fourth-order valence-electron chi connectivity index (χ4n) is 1.28. The molecule has 1 aliphatic rings. The maximum absolute atomic E-state index is 13.0. The van der Waals surface area contributed by atoms with E-state index in [2.05, 4.69) is 15.6 Å². The molecule has 88 valence electrons. The van der Waals surface area contributed by atoms with Gasteiger partial charge in [0.1, 0.15) is 10.7 Å². The van der Waals surface area contributed by atoms with E-state index in [0.29, 0.717) is 11.4 Å². The first-order valence-electron chi connectivity index (χ1n) is 4.51. The molecule has 0 aliphatic carbocycles. The van der Waals surface area contributed by atoms with E-state index in [1.807, 2.05) is 0 Å². The van der Waals surface area contributed by atoms with Crippen LogP contribution in [-0.2, 0) is 10.0 Å². The minimum atomic E-state index is -3.85. The van der Waals surface area contributed by atoms with Crippen LogP contribution in [0.15, 0.2) is 27.5 Å². The van der Waals surface area contributed by atoms with Crippen molar-refractivity contribution >= 4 is 32.6 Å². The van der Waals surface area contributed by atoms with Crippen molar-refractivity contribution in [1.82, 2.24) is 0 Å². The first kappa shape index (κ1) is 12.0. The Bertz CT molecular complexity index is 632. The number of amidine groups is 1. The Balaban J connectivity index is 2.44. The van der Waals surface area contributed by atoms with Gasteiger partial charge in [-0.25, -0.2) is 4.39 Å². The molecule has 17 heavy (non-hydrogen) atoms. The number of halogens is 1. The number of terminal acetylenes is 1. The van der Waals surface area contributed by atoms with E-state index in [9.17, 15) is 12.8 Å². The zero-order valence-electron chi connectivity index (χ0n) is 8.47. The maximum Gasteiger partial charge on any atom is 0.286 e. The van der Waals surface area contributed by atoms with Crippen molar-refractivity contribution in [3.05, 3.63) is 24.0 Å². The second kappa shape index (κ2) is 4.39. The highest BCUT2D eigenvalue weighted by Crippen LogP contribution is 2.29. The number of hydrogen-bond donors (Lipinski definition) is 1. The molecule has 1 aliphatic heterocycles. The van der Waals surface area contributed by atoms with Crippen LogP contribution in [0.25, 0.3) is 0 Å². The number of thioether (sulfide) groups is 1. The van der Waals surface area contributed by atoms with Gasteiger partial charge in [0, 0.05) is 0 Å². The molecule has 4 nitrogen and oxygen atoms in total. The second-order valence-corrected chi connectivity index (χ2v) is 5.67. The standard InChI is InChI=1S/C10H7FN2O2S2/c1-2-5-16-10-12-8-4-3-7(11)6-9(8)17(14,15)13-10/h1,3-4,6H,5H2,(H,12,13). The summed E-state index contributed by atoms with van der Waals surface area (Å²) in [5.41, 5.74) is 0.306. The Labute approximate surface area is 102 Å². The van der Waals surface area contributed by atoms with Crippen molar-refractivity contribution in [3.8, 4) is 12.3 Å². The molecule has 0 spiro atoms. The molecule has 0 saturated heterocycles. The molecule has 1 heterocycles.